The molecule has 0 radical (unpaired) electrons. The van der Waals surface area contributed by atoms with E-state index in [9.17, 15) is 4.79 Å². The summed E-state index contributed by atoms with van der Waals surface area (Å²) in [6, 6.07) is 6.17. The van der Waals surface area contributed by atoms with Gasteiger partial charge < -0.3 is 14.4 Å². The molecule has 4 rings (SSSR count). The van der Waals surface area contributed by atoms with Gasteiger partial charge >= 0.3 is 0 Å². The maximum atomic E-state index is 12.3. The molecular weight excluding hydrogens is 334 g/mol. The average molecular weight is 357 g/mol. The molecule has 1 fully saturated rings. The minimum Gasteiger partial charge on any atom is -0.454 e. The first-order valence-corrected chi connectivity index (χ1v) is 8.94. The zero-order valence-corrected chi connectivity index (χ0v) is 14.9. The monoisotopic (exact) mass is 357 g/mol. The number of nitrogens with zero attached hydrogens (tertiary/aromatic N) is 4. The van der Waals surface area contributed by atoms with Crippen LogP contribution in [0.1, 0.15) is 23.1 Å². The van der Waals surface area contributed by atoms with E-state index >= 15 is 0 Å². The van der Waals surface area contributed by atoms with Gasteiger partial charge in [-0.2, -0.15) is 5.10 Å². The van der Waals surface area contributed by atoms with Crippen LogP contribution >= 0.6 is 0 Å². The molecular formula is C18H23N5O3. The molecule has 1 N–H and O–H groups in total. The van der Waals surface area contributed by atoms with Crippen LogP contribution in [0, 0.1) is 5.92 Å². The summed E-state index contributed by atoms with van der Waals surface area (Å²) in [5.41, 5.74) is 1.26. The minimum atomic E-state index is -0.0736. The van der Waals surface area contributed by atoms with Crippen LogP contribution in [-0.2, 0) is 6.42 Å². The molecule has 0 saturated carbocycles. The summed E-state index contributed by atoms with van der Waals surface area (Å²) >= 11 is 0. The number of benzene rings is 1. The molecule has 138 valence electrons. The second-order valence-electron chi connectivity index (χ2n) is 6.92. The molecule has 1 aromatic carbocycles. The van der Waals surface area contributed by atoms with Gasteiger partial charge in [-0.25, -0.2) is 4.98 Å². The van der Waals surface area contributed by atoms with Crippen LogP contribution in [0.5, 0.6) is 11.5 Å². The highest BCUT2D eigenvalue weighted by Crippen LogP contribution is 2.33. The predicted molar refractivity (Wildman–Crippen MR) is 94.2 cm³/mol. The smallest absolute Gasteiger partial charge is 0.291 e. The Balaban J connectivity index is 1.25. The Morgan fingerprint density at radius 2 is 2.04 bits per heavy atom. The number of carbonyl (C=O) groups is 1. The average Bonchev–Trinajstić information content (AvgIpc) is 3.33. The van der Waals surface area contributed by atoms with Gasteiger partial charge in [0.25, 0.3) is 5.91 Å². The molecule has 1 atom stereocenters. The van der Waals surface area contributed by atoms with Gasteiger partial charge in [-0.1, -0.05) is 13.0 Å². The number of ether oxygens (including phenoxy) is 2. The Labute approximate surface area is 152 Å². The second-order valence-corrected chi connectivity index (χ2v) is 6.92. The second kappa shape index (κ2) is 7.33. The van der Waals surface area contributed by atoms with Gasteiger partial charge in [-0.3, -0.25) is 14.8 Å². The highest BCUT2D eigenvalue weighted by Gasteiger charge is 2.24. The number of nitrogens with one attached hydrogen (secondary N) is 1. The van der Waals surface area contributed by atoms with Crippen molar-refractivity contribution in [3.05, 3.63) is 35.9 Å². The summed E-state index contributed by atoms with van der Waals surface area (Å²) < 4.78 is 10.8. The number of rotatable bonds is 5. The number of amides is 1. The van der Waals surface area contributed by atoms with Gasteiger partial charge in [0.15, 0.2) is 11.5 Å². The van der Waals surface area contributed by atoms with Crippen molar-refractivity contribution in [3.63, 3.8) is 0 Å². The van der Waals surface area contributed by atoms with Gasteiger partial charge in [0.2, 0.25) is 12.6 Å². The largest absolute Gasteiger partial charge is 0.454 e. The van der Waals surface area contributed by atoms with E-state index in [0.29, 0.717) is 18.5 Å². The zero-order chi connectivity index (χ0) is 17.9. The normalized spacial score (nSPS) is 18.1. The van der Waals surface area contributed by atoms with E-state index in [1.807, 2.05) is 11.0 Å². The van der Waals surface area contributed by atoms with Crippen molar-refractivity contribution in [2.24, 2.45) is 5.92 Å². The van der Waals surface area contributed by atoms with Crippen LogP contribution in [-0.4, -0.2) is 70.4 Å². The maximum Gasteiger partial charge on any atom is 0.291 e. The Bertz CT molecular complexity index is 756. The highest BCUT2D eigenvalue weighted by molar-refractivity contribution is 5.90. The molecule has 1 amide bonds. The first-order valence-electron chi connectivity index (χ1n) is 8.94. The van der Waals surface area contributed by atoms with Crippen molar-refractivity contribution in [2.45, 2.75) is 13.3 Å². The molecule has 0 aliphatic carbocycles. The number of hydrogen-bond donors (Lipinski definition) is 1. The number of fused-ring (bicyclic) bond motifs is 1. The molecule has 0 spiro atoms. The van der Waals surface area contributed by atoms with Crippen molar-refractivity contribution >= 4 is 5.91 Å². The molecule has 2 aliphatic rings. The van der Waals surface area contributed by atoms with Crippen molar-refractivity contribution in [1.29, 1.82) is 0 Å². The zero-order valence-electron chi connectivity index (χ0n) is 14.9. The summed E-state index contributed by atoms with van der Waals surface area (Å²) in [7, 11) is 0. The first-order chi connectivity index (χ1) is 12.7. The lowest BCUT2D eigenvalue weighted by Crippen LogP contribution is -2.49. The van der Waals surface area contributed by atoms with Crippen LogP contribution in [0.2, 0.25) is 0 Å². The highest BCUT2D eigenvalue weighted by atomic mass is 16.7. The lowest BCUT2D eigenvalue weighted by molar-refractivity contribution is 0.0609. The summed E-state index contributed by atoms with van der Waals surface area (Å²) in [4.78, 5) is 20.5. The van der Waals surface area contributed by atoms with Crippen molar-refractivity contribution in [2.75, 3.05) is 39.5 Å². The molecule has 8 heteroatoms. The van der Waals surface area contributed by atoms with Gasteiger partial charge in [0.05, 0.1) is 0 Å². The Morgan fingerprint density at radius 3 is 2.81 bits per heavy atom. The first kappa shape index (κ1) is 16.8. The molecule has 0 bridgehead atoms. The summed E-state index contributed by atoms with van der Waals surface area (Å²) in [5.74, 6) is 2.43. The Kier molecular flexibility index (Phi) is 4.75. The number of H-pyrrole nitrogens is 1. The number of aromatic amines is 1. The van der Waals surface area contributed by atoms with Crippen molar-refractivity contribution < 1.29 is 14.3 Å². The van der Waals surface area contributed by atoms with Crippen LogP contribution in [0.25, 0.3) is 0 Å². The topological polar surface area (TPSA) is 83.6 Å². The number of aromatic nitrogens is 3. The SMILES string of the molecule is CC(Cc1ccc2c(c1)OCO2)CN1CCN(C(=O)c2ncn[nH]2)CC1. The molecule has 8 nitrogen and oxygen atoms in total. The van der Waals surface area contributed by atoms with E-state index in [4.69, 9.17) is 9.47 Å². The summed E-state index contributed by atoms with van der Waals surface area (Å²) in [5, 5.41) is 6.38. The summed E-state index contributed by atoms with van der Waals surface area (Å²) in [6.07, 6.45) is 2.36. The fraction of sp³-hybridized carbons (Fsp3) is 0.500. The lowest BCUT2D eigenvalue weighted by Gasteiger charge is -2.35. The third-order valence-electron chi connectivity index (χ3n) is 4.87. The van der Waals surface area contributed by atoms with E-state index in [1.54, 1.807) is 0 Å². The Hall–Kier alpha value is -2.61. The fourth-order valence-electron chi connectivity index (χ4n) is 3.57. The van der Waals surface area contributed by atoms with E-state index in [2.05, 4.69) is 39.1 Å². The lowest BCUT2D eigenvalue weighted by atomic mass is 10.00. The van der Waals surface area contributed by atoms with E-state index in [-0.39, 0.29) is 5.91 Å². The molecule has 2 aromatic rings. The molecule has 1 aromatic heterocycles. The number of carbonyl (C=O) groups excluding carboxylic acids is 1. The standard InChI is InChI=1S/C18H23N5O3/c1-13(8-14-2-3-15-16(9-14)26-12-25-15)10-22-4-6-23(7-5-22)18(24)17-19-11-20-21-17/h2-3,9,11,13H,4-8,10,12H2,1H3,(H,19,20,21). The number of hydrogen-bond acceptors (Lipinski definition) is 6. The molecule has 1 saturated heterocycles. The maximum absolute atomic E-state index is 12.3. The van der Waals surface area contributed by atoms with Crippen molar-refractivity contribution in [3.8, 4) is 11.5 Å². The van der Waals surface area contributed by atoms with E-state index < -0.39 is 0 Å². The predicted octanol–water partition coefficient (Wildman–Crippen LogP) is 1.17. The van der Waals surface area contributed by atoms with Gasteiger partial charge in [-0.05, 0) is 30.0 Å². The van der Waals surface area contributed by atoms with Gasteiger partial charge in [0, 0.05) is 32.7 Å². The van der Waals surface area contributed by atoms with Crippen molar-refractivity contribution in [1.82, 2.24) is 25.0 Å². The molecule has 3 heterocycles. The van der Waals surface area contributed by atoms with Gasteiger partial charge in [-0.15, -0.1) is 0 Å². The van der Waals surface area contributed by atoms with Crippen LogP contribution in [0.3, 0.4) is 0 Å². The minimum absolute atomic E-state index is 0.0736. The van der Waals surface area contributed by atoms with Gasteiger partial charge in [0.1, 0.15) is 6.33 Å². The van der Waals surface area contributed by atoms with Crippen LogP contribution in [0.4, 0.5) is 0 Å². The quantitative estimate of drug-likeness (QED) is 0.865. The molecule has 26 heavy (non-hydrogen) atoms. The van der Waals surface area contributed by atoms with E-state index in [0.717, 1.165) is 50.6 Å². The Morgan fingerprint density at radius 1 is 1.23 bits per heavy atom. The van der Waals surface area contributed by atoms with Crippen LogP contribution in [0.15, 0.2) is 24.5 Å². The van der Waals surface area contributed by atoms with Crippen LogP contribution < -0.4 is 9.47 Å². The third kappa shape index (κ3) is 3.65. The molecule has 1 unspecified atom stereocenters. The van der Waals surface area contributed by atoms with E-state index in [1.165, 1.54) is 11.9 Å². The summed E-state index contributed by atoms with van der Waals surface area (Å²) in [6.45, 7) is 6.78. The number of piperazine rings is 1. The fourth-order valence-corrected chi connectivity index (χ4v) is 3.57. The third-order valence-corrected chi connectivity index (χ3v) is 4.87. The molecule has 2 aliphatic heterocycles.